The van der Waals surface area contributed by atoms with Crippen LogP contribution in [0.2, 0.25) is 5.02 Å². The molecule has 1 aromatic heterocycles. The molecule has 92 valence electrons. The first-order valence-corrected chi connectivity index (χ1v) is 5.98. The van der Waals surface area contributed by atoms with Gasteiger partial charge in [-0.3, -0.25) is 10.1 Å². The standard InChI is InChI=1S/C11H6BrClN2O3/c12-10-2-1-3-11(14-10)18-9-5-4-7(13)6-8(9)15(16)17/h1-6H. The monoisotopic (exact) mass is 328 g/mol. The summed E-state index contributed by atoms with van der Waals surface area (Å²) in [4.78, 5) is 14.3. The number of ether oxygens (including phenoxy) is 1. The number of halogens is 2. The summed E-state index contributed by atoms with van der Waals surface area (Å²) >= 11 is 8.89. The molecular weight excluding hydrogens is 323 g/mol. The average molecular weight is 330 g/mol. The van der Waals surface area contributed by atoms with Crippen molar-refractivity contribution >= 4 is 33.2 Å². The van der Waals surface area contributed by atoms with Crippen LogP contribution in [0.15, 0.2) is 41.0 Å². The lowest BCUT2D eigenvalue weighted by molar-refractivity contribution is -0.385. The molecule has 18 heavy (non-hydrogen) atoms. The van der Waals surface area contributed by atoms with Crippen molar-refractivity contribution in [2.45, 2.75) is 0 Å². The van der Waals surface area contributed by atoms with Crippen molar-refractivity contribution in [3.8, 4) is 11.6 Å². The van der Waals surface area contributed by atoms with Gasteiger partial charge in [0, 0.05) is 17.2 Å². The molecule has 1 heterocycles. The van der Waals surface area contributed by atoms with Crippen LogP contribution in [0.25, 0.3) is 0 Å². The zero-order valence-corrected chi connectivity index (χ0v) is 11.2. The Morgan fingerprint density at radius 2 is 2.11 bits per heavy atom. The van der Waals surface area contributed by atoms with E-state index in [-0.39, 0.29) is 22.3 Å². The van der Waals surface area contributed by atoms with Gasteiger partial charge in [0.2, 0.25) is 11.6 Å². The first-order chi connectivity index (χ1) is 8.56. The Labute approximate surface area is 116 Å². The highest BCUT2D eigenvalue weighted by molar-refractivity contribution is 9.10. The van der Waals surface area contributed by atoms with Gasteiger partial charge in [-0.15, -0.1) is 0 Å². The third kappa shape index (κ3) is 2.96. The van der Waals surface area contributed by atoms with E-state index in [1.54, 1.807) is 18.2 Å². The lowest BCUT2D eigenvalue weighted by Crippen LogP contribution is -1.94. The predicted molar refractivity (Wildman–Crippen MR) is 70.1 cm³/mol. The van der Waals surface area contributed by atoms with Gasteiger partial charge in [0.15, 0.2) is 0 Å². The summed E-state index contributed by atoms with van der Waals surface area (Å²) in [6, 6.07) is 9.22. The molecule has 2 rings (SSSR count). The summed E-state index contributed by atoms with van der Waals surface area (Å²) in [5, 5.41) is 11.1. The molecule has 0 radical (unpaired) electrons. The lowest BCUT2D eigenvalue weighted by atomic mass is 10.3. The Morgan fingerprint density at radius 3 is 2.78 bits per heavy atom. The zero-order chi connectivity index (χ0) is 13.1. The summed E-state index contributed by atoms with van der Waals surface area (Å²) in [6.45, 7) is 0. The second-order valence-electron chi connectivity index (χ2n) is 3.27. The summed E-state index contributed by atoms with van der Waals surface area (Å²) in [5.41, 5.74) is -0.204. The van der Waals surface area contributed by atoms with Gasteiger partial charge in [0.05, 0.1) is 4.92 Å². The molecule has 0 aliphatic heterocycles. The van der Waals surface area contributed by atoms with Gasteiger partial charge in [-0.1, -0.05) is 17.7 Å². The minimum atomic E-state index is -0.556. The van der Waals surface area contributed by atoms with Crippen molar-refractivity contribution in [3.63, 3.8) is 0 Å². The topological polar surface area (TPSA) is 65.3 Å². The van der Waals surface area contributed by atoms with Gasteiger partial charge in [-0.25, -0.2) is 4.98 Å². The summed E-state index contributed by atoms with van der Waals surface area (Å²) in [7, 11) is 0. The molecule has 0 aliphatic rings. The Kier molecular flexibility index (Phi) is 3.78. The zero-order valence-electron chi connectivity index (χ0n) is 8.84. The Morgan fingerprint density at radius 1 is 1.33 bits per heavy atom. The number of pyridine rings is 1. The molecule has 0 atom stereocenters. The van der Waals surface area contributed by atoms with Crippen LogP contribution in [0.4, 0.5) is 5.69 Å². The third-order valence-corrected chi connectivity index (χ3v) is 2.70. The molecule has 0 bridgehead atoms. The largest absolute Gasteiger partial charge is 0.432 e. The van der Waals surface area contributed by atoms with E-state index in [1.165, 1.54) is 18.2 Å². The SMILES string of the molecule is O=[N+]([O-])c1cc(Cl)ccc1Oc1cccc(Br)n1. The van der Waals surface area contributed by atoms with E-state index >= 15 is 0 Å². The maximum atomic E-state index is 10.9. The number of rotatable bonds is 3. The highest BCUT2D eigenvalue weighted by Gasteiger charge is 2.16. The van der Waals surface area contributed by atoms with Gasteiger partial charge in [-0.05, 0) is 34.1 Å². The van der Waals surface area contributed by atoms with Gasteiger partial charge >= 0.3 is 5.69 Å². The van der Waals surface area contributed by atoms with Crippen molar-refractivity contribution in [1.82, 2.24) is 4.98 Å². The molecule has 7 heteroatoms. The van der Waals surface area contributed by atoms with Gasteiger partial charge in [-0.2, -0.15) is 0 Å². The first-order valence-electron chi connectivity index (χ1n) is 4.80. The number of hydrogen-bond donors (Lipinski definition) is 0. The van der Waals surface area contributed by atoms with E-state index in [0.29, 0.717) is 4.60 Å². The Balaban J connectivity index is 2.37. The minimum absolute atomic E-state index is 0.0926. The average Bonchev–Trinajstić information content (AvgIpc) is 2.31. The molecule has 0 saturated carbocycles. The van der Waals surface area contributed by atoms with Crippen LogP contribution < -0.4 is 4.74 Å². The van der Waals surface area contributed by atoms with Crippen LogP contribution in [-0.2, 0) is 0 Å². The first kappa shape index (κ1) is 12.8. The molecule has 0 spiro atoms. The number of aromatic nitrogens is 1. The molecule has 0 fully saturated rings. The van der Waals surface area contributed by atoms with E-state index < -0.39 is 4.92 Å². The molecule has 5 nitrogen and oxygen atoms in total. The molecule has 0 N–H and O–H groups in total. The van der Waals surface area contributed by atoms with Crippen LogP contribution in [-0.4, -0.2) is 9.91 Å². The van der Waals surface area contributed by atoms with Gasteiger partial charge in [0.1, 0.15) is 4.60 Å². The number of hydrogen-bond acceptors (Lipinski definition) is 4. The highest BCUT2D eigenvalue weighted by Crippen LogP contribution is 2.33. The fourth-order valence-electron chi connectivity index (χ4n) is 1.28. The van der Waals surface area contributed by atoms with E-state index in [4.69, 9.17) is 16.3 Å². The van der Waals surface area contributed by atoms with Crippen molar-refractivity contribution in [1.29, 1.82) is 0 Å². The smallest absolute Gasteiger partial charge is 0.313 e. The quantitative estimate of drug-likeness (QED) is 0.481. The third-order valence-electron chi connectivity index (χ3n) is 2.02. The van der Waals surface area contributed by atoms with Crippen LogP contribution in [0.1, 0.15) is 0 Å². The number of nitro groups is 1. The number of nitrogens with zero attached hydrogens (tertiary/aromatic N) is 2. The Hall–Kier alpha value is -1.66. The number of nitro benzene ring substituents is 1. The molecule has 1 aromatic carbocycles. The van der Waals surface area contributed by atoms with E-state index in [1.807, 2.05) is 0 Å². The summed E-state index contributed by atoms with van der Waals surface area (Å²) in [5.74, 6) is 0.352. The lowest BCUT2D eigenvalue weighted by Gasteiger charge is -2.05. The fourth-order valence-corrected chi connectivity index (χ4v) is 1.77. The van der Waals surface area contributed by atoms with Crippen molar-refractivity contribution in [2.24, 2.45) is 0 Å². The van der Waals surface area contributed by atoms with E-state index in [2.05, 4.69) is 20.9 Å². The van der Waals surface area contributed by atoms with E-state index in [0.717, 1.165) is 0 Å². The van der Waals surface area contributed by atoms with Crippen LogP contribution in [0, 0.1) is 10.1 Å². The molecule has 0 aliphatic carbocycles. The Bertz CT molecular complexity index is 607. The van der Waals surface area contributed by atoms with Crippen LogP contribution in [0.3, 0.4) is 0 Å². The molecule has 0 saturated heterocycles. The fraction of sp³-hybridized carbons (Fsp3) is 0. The highest BCUT2D eigenvalue weighted by atomic mass is 79.9. The maximum Gasteiger partial charge on any atom is 0.313 e. The van der Waals surface area contributed by atoms with Gasteiger partial charge < -0.3 is 4.74 Å². The molecular formula is C11H6BrClN2O3. The van der Waals surface area contributed by atoms with Crippen LogP contribution >= 0.6 is 27.5 Å². The maximum absolute atomic E-state index is 10.9. The van der Waals surface area contributed by atoms with E-state index in [9.17, 15) is 10.1 Å². The van der Waals surface area contributed by atoms with Crippen molar-refractivity contribution in [2.75, 3.05) is 0 Å². The number of benzene rings is 1. The summed E-state index contributed by atoms with van der Waals surface area (Å²) < 4.78 is 5.95. The van der Waals surface area contributed by atoms with Crippen molar-refractivity contribution < 1.29 is 9.66 Å². The predicted octanol–water partition coefficient (Wildman–Crippen LogP) is 4.20. The second-order valence-corrected chi connectivity index (χ2v) is 4.52. The van der Waals surface area contributed by atoms with Crippen LogP contribution in [0.5, 0.6) is 11.6 Å². The normalized spacial score (nSPS) is 10.1. The second kappa shape index (κ2) is 5.32. The summed E-state index contributed by atoms with van der Waals surface area (Å²) in [6.07, 6.45) is 0. The van der Waals surface area contributed by atoms with Gasteiger partial charge in [0.25, 0.3) is 0 Å². The molecule has 2 aromatic rings. The molecule has 0 unspecified atom stereocenters. The van der Waals surface area contributed by atoms with Crippen molar-refractivity contribution in [3.05, 3.63) is 56.1 Å². The molecule has 0 amide bonds. The minimum Gasteiger partial charge on any atom is -0.432 e.